The molecule has 0 aliphatic rings. The molecule has 1 aromatic rings. The van der Waals surface area contributed by atoms with Crippen molar-refractivity contribution in [1.29, 1.82) is 0 Å². The Kier molecular flexibility index (Phi) is 3.35. The first-order valence-corrected chi connectivity index (χ1v) is 5.07. The lowest BCUT2D eigenvalue weighted by Gasteiger charge is -2.14. The maximum atomic E-state index is 6.07. The van der Waals surface area contributed by atoms with E-state index in [2.05, 4.69) is 39.0 Å². The highest BCUT2D eigenvalue weighted by Crippen LogP contribution is 2.27. The summed E-state index contributed by atoms with van der Waals surface area (Å²) in [5.41, 5.74) is 9.65. The first-order chi connectivity index (χ1) is 6.20. The van der Waals surface area contributed by atoms with Crippen LogP contribution in [-0.2, 0) is 6.42 Å². The van der Waals surface area contributed by atoms with Crippen LogP contribution in [0.5, 0.6) is 0 Å². The zero-order chi connectivity index (χ0) is 9.84. The van der Waals surface area contributed by atoms with Crippen molar-refractivity contribution in [3.05, 3.63) is 29.3 Å². The van der Waals surface area contributed by atoms with Gasteiger partial charge in [-0.1, -0.05) is 39.0 Å². The highest BCUT2D eigenvalue weighted by atomic mass is 14.6. The van der Waals surface area contributed by atoms with Crippen molar-refractivity contribution in [3.63, 3.8) is 0 Å². The minimum absolute atomic E-state index is 0.575. The molecule has 1 atom stereocenters. The molecule has 0 unspecified atom stereocenters. The molecule has 1 heteroatoms. The van der Waals surface area contributed by atoms with Crippen molar-refractivity contribution >= 4 is 5.69 Å². The summed E-state index contributed by atoms with van der Waals surface area (Å²) in [7, 11) is 0. The number of hydrogen-bond donors (Lipinski definition) is 1. The van der Waals surface area contributed by atoms with E-state index < -0.39 is 0 Å². The fourth-order valence-corrected chi connectivity index (χ4v) is 1.59. The lowest BCUT2D eigenvalue weighted by Crippen LogP contribution is -2.01. The van der Waals surface area contributed by atoms with Crippen LogP contribution >= 0.6 is 0 Å². The van der Waals surface area contributed by atoms with Crippen LogP contribution in [-0.4, -0.2) is 0 Å². The van der Waals surface area contributed by atoms with E-state index in [0.29, 0.717) is 5.92 Å². The molecule has 13 heavy (non-hydrogen) atoms. The van der Waals surface area contributed by atoms with Crippen molar-refractivity contribution < 1.29 is 0 Å². The Bertz CT molecular complexity index is 278. The largest absolute Gasteiger partial charge is 0.398 e. The van der Waals surface area contributed by atoms with Crippen LogP contribution in [0.4, 0.5) is 5.69 Å². The summed E-state index contributed by atoms with van der Waals surface area (Å²) in [6.07, 6.45) is 2.17. The Balaban J connectivity index is 3.08. The topological polar surface area (TPSA) is 26.0 Å². The van der Waals surface area contributed by atoms with Gasteiger partial charge in [0.05, 0.1) is 0 Å². The summed E-state index contributed by atoms with van der Waals surface area (Å²) in [6, 6.07) is 6.36. The van der Waals surface area contributed by atoms with E-state index in [-0.39, 0.29) is 0 Å². The van der Waals surface area contributed by atoms with Gasteiger partial charge in [0.15, 0.2) is 0 Å². The second-order valence-corrected chi connectivity index (χ2v) is 3.58. The Morgan fingerprint density at radius 3 is 2.54 bits per heavy atom. The normalized spacial score (nSPS) is 12.8. The van der Waals surface area contributed by atoms with Gasteiger partial charge >= 0.3 is 0 Å². The van der Waals surface area contributed by atoms with Crippen LogP contribution in [0.3, 0.4) is 0 Å². The van der Waals surface area contributed by atoms with Gasteiger partial charge in [0, 0.05) is 5.69 Å². The molecule has 0 aliphatic carbocycles. The smallest absolute Gasteiger partial charge is 0.0381 e. The van der Waals surface area contributed by atoms with Crippen LogP contribution in [0, 0.1) is 0 Å². The number of aryl methyl sites for hydroxylation is 1. The van der Waals surface area contributed by atoms with E-state index in [1.54, 1.807) is 0 Å². The SMILES string of the molecule is CCc1cccc([C@@H](C)CC)c1N. The lowest BCUT2D eigenvalue weighted by atomic mass is 9.94. The third-order valence-electron chi connectivity index (χ3n) is 2.75. The summed E-state index contributed by atoms with van der Waals surface area (Å²) in [6.45, 7) is 6.57. The maximum absolute atomic E-state index is 6.07. The molecule has 1 aromatic carbocycles. The minimum atomic E-state index is 0.575. The van der Waals surface area contributed by atoms with Crippen LogP contribution in [0.25, 0.3) is 0 Å². The van der Waals surface area contributed by atoms with Crippen LogP contribution < -0.4 is 5.73 Å². The number of benzene rings is 1. The zero-order valence-corrected chi connectivity index (χ0v) is 8.80. The van der Waals surface area contributed by atoms with Gasteiger partial charge in [-0.3, -0.25) is 0 Å². The Morgan fingerprint density at radius 1 is 1.31 bits per heavy atom. The number of para-hydroxylation sites is 1. The molecule has 0 radical (unpaired) electrons. The molecular weight excluding hydrogens is 158 g/mol. The molecule has 0 amide bonds. The average Bonchev–Trinajstić information content (AvgIpc) is 2.17. The monoisotopic (exact) mass is 177 g/mol. The van der Waals surface area contributed by atoms with Gasteiger partial charge in [-0.15, -0.1) is 0 Å². The number of rotatable bonds is 3. The van der Waals surface area contributed by atoms with Gasteiger partial charge in [0.2, 0.25) is 0 Å². The van der Waals surface area contributed by atoms with Crippen LogP contribution in [0.1, 0.15) is 44.2 Å². The quantitative estimate of drug-likeness (QED) is 0.704. The molecule has 72 valence electrons. The molecule has 0 heterocycles. The van der Waals surface area contributed by atoms with Crippen molar-refractivity contribution in [2.75, 3.05) is 5.73 Å². The lowest BCUT2D eigenvalue weighted by molar-refractivity contribution is 0.734. The summed E-state index contributed by atoms with van der Waals surface area (Å²) in [5, 5.41) is 0. The first-order valence-electron chi connectivity index (χ1n) is 5.07. The molecule has 0 bridgehead atoms. The predicted octanol–water partition coefficient (Wildman–Crippen LogP) is 3.34. The van der Waals surface area contributed by atoms with Crippen molar-refractivity contribution in [3.8, 4) is 0 Å². The fourth-order valence-electron chi connectivity index (χ4n) is 1.59. The second kappa shape index (κ2) is 4.31. The van der Waals surface area contributed by atoms with Crippen molar-refractivity contribution in [2.24, 2.45) is 0 Å². The van der Waals surface area contributed by atoms with Gasteiger partial charge in [-0.2, -0.15) is 0 Å². The molecule has 1 nitrogen and oxygen atoms in total. The highest BCUT2D eigenvalue weighted by molar-refractivity contribution is 5.55. The van der Waals surface area contributed by atoms with E-state index in [4.69, 9.17) is 5.73 Å². The molecule has 0 saturated heterocycles. The second-order valence-electron chi connectivity index (χ2n) is 3.58. The van der Waals surface area contributed by atoms with Crippen molar-refractivity contribution in [1.82, 2.24) is 0 Å². The summed E-state index contributed by atoms with van der Waals surface area (Å²) in [5.74, 6) is 0.575. The summed E-state index contributed by atoms with van der Waals surface area (Å²) in [4.78, 5) is 0. The van der Waals surface area contributed by atoms with Gasteiger partial charge < -0.3 is 5.73 Å². The van der Waals surface area contributed by atoms with E-state index in [9.17, 15) is 0 Å². The maximum Gasteiger partial charge on any atom is 0.0381 e. The van der Waals surface area contributed by atoms with Crippen LogP contribution in [0.2, 0.25) is 0 Å². The molecule has 2 N–H and O–H groups in total. The van der Waals surface area contributed by atoms with E-state index in [1.807, 2.05) is 0 Å². The predicted molar refractivity (Wildman–Crippen MR) is 58.9 cm³/mol. The minimum Gasteiger partial charge on any atom is -0.398 e. The third-order valence-corrected chi connectivity index (χ3v) is 2.75. The van der Waals surface area contributed by atoms with E-state index >= 15 is 0 Å². The Morgan fingerprint density at radius 2 is 2.00 bits per heavy atom. The standard InChI is InChI=1S/C12H19N/c1-4-9(3)11-8-6-7-10(5-2)12(11)13/h6-9H,4-5,13H2,1-3H3/t9-/m0/s1. The molecule has 1 rings (SSSR count). The number of hydrogen-bond acceptors (Lipinski definition) is 1. The third kappa shape index (κ3) is 2.03. The average molecular weight is 177 g/mol. The molecule has 0 aromatic heterocycles. The van der Waals surface area contributed by atoms with Gasteiger partial charge in [0.25, 0.3) is 0 Å². The molecule has 0 aliphatic heterocycles. The van der Waals surface area contributed by atoms with Gasteiger partial charge in [0.1, 0.15) is 0 Å². The number of nitrogens with two attached hydrogens (primary N) is 1. The van der Waals surface area contributed by atoms with E-state index in [1.165, 1.54) is 11.1 Å². The highest BCUT2D eigenvalue weighted by Gasteiger charge is 2.08. The van der Waals surface area contributed by atoms with Gasteiger partial charge in [-0.05, 0) is 29.9 Å². The molecular formula is C12H19N. The number of anilines is 1. The fraction of sp³-hybridized carbons (Fsp3) is 0.500. The molecule has 0 saturated carbocycles. The van der Waals surface area contributed by atoms with E-state index in [0.717, 1.165) is 18.5 Å². The Hall–Kier alpha value is -0.980. The Labute approximate surface area is 81.0 Å². The zero-order valence-electron chi connectivity index (χ0n) is 8.80. The summed E-state index contributed by atoms with van der Waals surface area (Å²) >= 11 is 0. The van der Waals surface area contributed by atoms with Gasteiger partial charge in [-0.25, -0.2) is 0 Å². The molecule has 0 fully saturated rings. The number of nitrogen functional groups attached to an aromatic ring is 1. The molecule has 0 spiro atoms. The summed E-state index contributed by atoms with van der Waals surface area (Å²) < 4.78 is 0. The van der Waals surface area contributed by atoms with Crippen LogP contribution in [0.15, 0.2) is 18.2 Å². The van der Waals surface area contributed by atoms with Crippen molar-refractivity contribution in [2.45, 2.75) is 39.5 Å². The first kappa shape index (κ1) is 10.1.